The lowest BCUT2D eigenvalue weighted by Crippen LogP contribution is -2.17. The first-order chi connectivity index (χ1) is 12.3. The minimum atomic E-state index is -0.338. The molecule has 0 N–H and O–H groups in total. The number of hydrogen-bond acceptors (Lipinski definition) is 4. The minimum absolute atomic E-state index is 0.173. The molecule has 0 bridgehead atoms. The Morgan fingerprint density at radius 2 is 1.96 bits per heavy atom. The molecule has 0 spiro atoms. The summed E-state index contributed by atoms with van der Waals surface area (Å²) in [5, 5.41) is 11.4. The topological polar surface area (TPSA) is 70.2 Å². The molecule has 2 rings (SSSR count). The van der Waals surface area contributed by atoms with Crippen LogP contribution in [0.2, 0.25) is 0 Å². The molecule has 1 atom stereocenters. The molecule has 1 aromatic heterocycles. The number of rotatable bonds is 8. The Balaban J connectivity index is 1.91. The molecule has 0 aliphatic carbocycles. The van der Waals surface area contributed by atoms with Crippen molar-refractivity contribution in [2.75, 3.05) is 6.61 Å². The molecule has 1 aromatic carbocycles. The predicted molar refractivity (Wildman–Crippen MR) is 102 cm³/mol. The Kier molecular flexibility index (Phi) is 6.55. The second-order valence-corrected chi connectivity index (χ2v) is 6.92. The molecular formula is C20H27N3O3. The Labute approximate surface area is 154 Å². The lowest BCUT2D eigenvalue weighted by Gasteiger charge is -2.13. The third-order valence-electron chi connectivity index (χ3n) is 4.33. The van der Waals surface area contributed by atoms with E-state index in [4.69, 9.17) is 4.74 Å². The van der Waals surface area contributed by atoms with Gasteiger partial charge in [-0.25, -0.2) is 14.3 Å². The van der Waals surface area contributed by atoms with E-state index in [0.717, 1.165) is 12.0 Å². The van der Waals surface area contributed by atoms with Crippen LogP contribution in [0.25, 0.3) is 0 Å². The number of esters is 1. The highest BCUT2D eigenvalue weighted by Crippen LogP contribution is 2.19. The second kappa shape index (κ2) is 8.65. The van der Waals surface area contributed by atoms with Gasteiger partial charge < -0.3 is 9.94 Å². The van der Waals surface area contributed by atoms with Gasteiger partial charge in [0.25, 0.3) is 0 Å². The van der Waals surface area contributed by atoms with Crippen molar-refractivity contribution in [3.8, 4) is 0 Å². The number of aryl methyl sites for hydroxylation is 1. The van der Waals surface area contributed by atoms with Crippen molar-refractivity contribution < 1.29 is 14.3 Å². The van der Waals surface area contributed by atoms with E-state index in [-0.39, 0.29) is 18.5 Å². The van der Waals surface area contributed by atoms with Crippen LogP contribution < -0.4 is 0 Å². The number of imidazole rings is 1. The van der Waals surface area contributed by atoms with Crippen LogP contribution >= 0.6 is 0 Å². The average molecular weight is 357 g/mol. The fraction of sp³-hybridized carbons (Fsp3) is 0.450. The molecule has 140 valence electrons. The molecule has 1 heterocycles. The maximum absolute atomic E-state index is 12.3. The first-order valence-corrected chi connectivity index (χ1v) is 8.85. The predicted octanol–water partition coefficient (Wildman–Crippen LogP) is 3.58. The first kappa shape index (κ1) is 19.7. The van der Waals surface area contributed by atoms with E-state index in [1.165, 1.54) is 11.8 Å². The lowest BCUT2D eigenvalue weighted by atomic mass is 9.97. The van der Waals surface area contributed by atoms with Crippen LogP contribution in [0.3, 0.4) is 0 Å². The summed E-state index contributed by atoms with van der Waals surface area (Å²) < 4.78 is 7.57. The first-order valence-electron chi connectivity index (χ1n) is 8.85. The SMILES string of the molecule is C=[N+]([O-])c1cnc(C)n1CCOC(=O)[C@@H](C)c1ccc(CC(C)C)cc1. The van der Waals surface area contributed by atoms with Gasteiger partial charge >= 0.3 is 11.8 Å². The quantitative estimate of drug-likeness (QED) is 0.238. The van der Waals surface area contributed by atoms with Crippen LogP contribution in [0.1, 0.15) is 43.6 Å². The van der Waals surface area contributed by atoms with Crippen molar-refractivity contribution in [3.05, 3.63) is 52.6 Å². The largest absolute Gasteiger partial charge is 0.711 e. The van der Waals surface area contributed by atoms with Crippen LogP contribution in [-0.2, 0) is 22.5 Å². The molecule has 26 heavy (non-hydrogen) atoms. The summed E-state index contributed by atoms with van der Waals surface area (Å²) in [6.45, 7) is 11.9. The van der Waals surface area contributed by atoms with Gasteiger partial charge in [-0.15, -0.1) is 0 Å². The molecule has 2 aromatic rings. The van der Waals surface area contributed by atoms with Crippen LogP contribution in [-0.4, -0.2) is 33.6 Å². The summed E-state index contributed by atoms with van der Waals surface area (Å²) in [6, 6.07) is 8.11. The molecule has 0 aliphatic rings. The maximum Gasteiger partial charge on any atom is 0.313 e. The van der Waals surface area contributed by atoms with Gasteiger partial charge in [0, 0.05) is 6.92 Å². The highest BCUT2D eigenvalue weighted by molar-refractivity contribution is 5.77. The van der Waals surface area contributed by atoms with Gasteiger partial charge in [0.05, 0.1) is 12.6 Å². The van der Waals surface area contributed by atoms with Crippen molar-refractivity contribution in [3.63, 3.8) is 0 Å². The molecule has 0 saturated carbocycles. The van der Waals surface area contributed by atoms with E-state index in [0.29, 0.717) is 28.8 Å². The van der Waals surface area contributed by atoms with Gasteiger partial charge in [-0.2, -0.15) is 0 Å². The average Bonchev–Trinajstić information content (AvgIpc) is 2.95. The van der Waals surface area contributed by atoms with E-state index in [9.17, 15) is 10.0 Å². The molecule has 0 unspecified atom stereocenters. The normalized spacial score (nSPS) is 12.2. The smallest absolute Gasteiger partial charge is 0.313 e. The van der Waals surface area contributed by atoms with Gasteiger partial charge in [-0.3, -0.25) is 4.79 Å². The standard InChI is InChI=1S/C20H27N3O3/c1-14(2)12-17-6-8-18(9-7-17)15(3)20(24)26-11-10-23-16(4)21-13-19(23)22(5)25/h6-9,13-15H,5,10-12H2,1-4H3/t15-/m0/s1. The number of hydrogen-bond donors (Lipinski definition) is 0. The third-order valence-corrected chi connectivity index (χ3v) is 4.33. The molecule has 0 fully saturated rings. The van der Waals surface area contributed by atoms with Gasteiger partial charge in [-0.05, 0) is 30.4 Å². The highest BCUT2D eigenvalue weighted by atomic mass is 16.5. The number of carbonyl (C=O) groups is 1. The van der Waals surface area contributed by atoms with E-state index in [2.05, 4.69) is 37.7 Å². The molecule has 6 heteroatoms. The maximum atomic E-state index is 12.3. The molecular weight excluding hydrogens is 330 g/mol. The van der Waals surface area contributed by atoms with Crippen LogP contribution in [0.5, 0.6) is 0 Å². The second-order valence-electron chi connectivity index (χ2n) is 6.92. The minimum Gasteiger partial charge on any atom is -0.711 e. The third kappa shape index (κ3) is 4.94. The number of carbonyl (C=O) groups excluding carboxylic acids is 1. The highest BCUT2D eigenvalue weighted by Gasteiger charge is 2.19. The number of benzene rings is 1. The summed E-state index contributed by atoms with van der Waals surface area (Å²) in [7, 11) is 0. The van der Waals surface area contributed by atoms with Crippen molar-refractivity contribution in [2.45, 2.75) is 46.6 Å². The van der Waals surface area contributed by atoms with Crippen LogP contribution in [0.4, 0.5) is 5.82 Å². The molecule has 0 radical (unpaired) electrons. The van der Waals surface area contributed by atoms with E-state index in [1.54, 1.807) is 11.5 Å². The Morgan fingerprint density at radius 3 is 2.54 bits per heavy atom. The number of ether oxygens (including phenoxy) is 1. The van der Waals surface area contributed by atoms with Gasteiger partial charge in [0.2, 0.25) is 0 Å². The van der Waals surface area contributed by atoms with Gasteiger partial charge in [-0.1, -0.05) is 38.1 Å². The van der Waals surface area contributed by atoms with E-state index < -0.39 is 0 Å². The number of aromatic nitrogens is 2. The van der Waals surface area contributed by atoms with Crippen LogP contribution in [0.15, 0.2) is 30.5 Å². The monoisotopic (exact) mass is 357 g/mol. The van der Waals surface area contributed by atoms with E-state index in [1.807, 2.05) is 19.1 Å². The summed E-state index contributed by atoms with van der Waals surface area (Å²) in [4.78, 5) is 16.4. The molecule has 0 aliphatic heterocycles. The summed E-state index contributed by atoms with van der Waals surface area (Å²) >= 11 is 0. The van der Waals surface area contributed by atoms with Crippen LogP contribution in [0, 0.1) is 18.0 Å². The van der Waals surface area contributed by atoms with Crippen molar-refractivity contribution in [2.24, 2.45) is 5.92 Å². The number of nitrogens with zero attached hydrogens (tertiary/aromatic N) is 3. The molecule has 0 saturated heterocycles. The summed E-state index contributed by atoms with van der Waals surface area (Å²) in [5.74, 6) is 0.995. The summed E-state index contributed by atoms with van der Waals surface area (Å²) in [6.07, 6.45) is 2.48. The Morgan fingerprint density at radius 1 is 1.31 bits per heavy atom. The Hall–Kier alpha value is -2.63. The van der Waals surface area contributed by atoms with Gasteiger partial charge in [0.1, 0.15) is 19.3 Å². The fourth-order valence-corrected chi connectivity index (χ4v) is 2.84. The van der Waals surface area contributed by atoms with Crippen molar-refractivity contribution >= 4 is 18.5 Å². The zero-order valence-electron chi connectivity index (χ0n) is 15.9. The van der Waals surface area contributed by atoms with Crippen molar-refractivity contribution in [1.82, 2.24) is 9.55 Å². The molecule has 0 amide bonds. The zero-order valence-corrected chi connectivity index (χ0v) is 15.9. The zero-order chi connectivity index (χ0) is 19.3. The van der Waals surface area contributed by atoms with Crippen molar-refractivity contribution in [1.29, 1.82) is 0 Å². The van der Waals surface area contributed by atoms with E-state index >= 15 is 0 Å². The van der Waals surface area contributed by atoms with Gasteiger partial charge in [0.15, 0.2) is 5.82 Å². The lowest BCUT2D eigenvalue weighted by molar-refractivity contribution is -0.357. The fourth-order valence-electron chi connectivity index (χ4n) is 2.84. The summed E-state index contributed by atoms with van der Waals surface area (Å²) in [5.41, 5.74) is 2.20. The molecule has 6 nitrogen and oxygen atoms in total. The Bertz CT molecular complexity index is 763.